The van der Waals surface area contributed by atoms with Gasteiger partial charge < -0.3 is 20.9 Å². The zero-order valence-corrected chi connectivity index (χ0v) is 20.8. The van der Waals surface area contributed by atoms with Gasteiger partial charge in [0.25, 0.3) is 0 Å². The van der Waals surface area contributed by atoms with E-state index < -0.39 is 0 Å². The first-order valence-electron chi connectivity index (χ1n) is 5.75. The topological polar surface area (TPSA) is 0 Å². The normalized spacial score (nSPS) is 6.73. The van der Waals surface area contributed by atoms with Crippen LogP contribution in [0.5, 0.6) is 0 Å². The molecule has 0 bridgehead atoms. The van der Waals surface area contributed by atoms with Gasteiger partial charge in [0, 0.05) is 65.4 Å². The monoisotopic (exact) mass is 456 g/mol. The molecule has 0 aliphatic carbocycles. The molecule has 0 fully saturated rings. The van der Waals surface area contributed by atoms with E-state index in [4.69, 9.17) is 0 Å². The molecule has 0 heterocycles. The van der Waals surface area contributed by atoms with Gasteiger partial charge in [-0.1, -0.05) is 63.3 Å². The smallest absolute Gasteiger partial charge is 0 e. The second-order valence-corrected chi connectivity index (χ2v) is 4.50. The van der Waals surface area contributed by atoms with Gasteiger partial charge in [0.05, 0.1) is 0 Å². The van der Waals surface area contributed by atoms with Gasteiger partial charge in [-0.2, -0.15) is 40.8 Å². The van der Waals surface area contributed by atoms with E-state index in [-0.39, 0.29) is 95.1 Å². The summed E-state index contributed by atoms with van der Waals surface area (Å²) in [6.45, 7) is 16.7. The summed E-state index contributed by atoms with van der Waals surface area (Å²) in [6, 6.07) is 3.35. The first kappa shape index (κ1) is 43.6. The Balaban J connectivity index is -0.0000000371. The van der Waals surface area contributed by atoms with Crippen LogP contribution in [0.4, 0.5) is 0 Å². The first-order chi connectivity index (χ1) is 7.31. The summed E-state index contributed by atoms with van der Waals surface area (Å²) in [5.74, 6) is 0. The van der Waals surface area contributed by atoms with Crippen LogP contribution in [0.2, 0.25) is 0 Å². The minimum Gasteiger partial charge on any atom is -0.501 e. The molecule has 0 amide bonds. The Bertz CT molecular complexity index is 361. The van der Waals surface area contributed by atoms with E-state index in [1.165, 1.54) is 33.4 Å². The van der Waals surface area contributed by atoms with Crippen molar-refractivity contribution in [3.05, 3.63) is 60.4 Å². The Morgan fingerprint density at radius 2 is 0.955 bits per heavy atom. The molecule has 0 aliphatic heterocycles. The average molecular weight is 456 g/mol. The van der Waals surface area contributed by atoms with Crippen molar-refractivity contribution < 1.29 is 65.4 Å². The van der Waals surface area contributed by atoms with E-state index in [9.17, 15) is 0 Å². The summed E-state index contributed by atoms with van der Waals surface area (Å²) in [6.07, 6.45) is 2.94. The van der Waals surface area contributed by atoms with Crippen molar-refractivity contribution in [1.29, 1.82) is 0 Å². The molecule has 0 nitrogen and oxygen atoms in total. The second kappa shape index (κ2) is 22.2. The number of hydrogen-bond donors (Lipinski definition) is 0. The molecule has 1 aromatic rings. The van der Waals surface area contributed by atoms with Gasteiger partial charge in [0.15, 0.2) is 0 Å². The Hall–Kier alpha value is 1.17. The fourth-order valence-corrected chi connectivity index (χ4v) is 1.31. The third-order valence-corrected chi connectivity index (χ3v) is 3.12. The van der Waals surface area contributed by atoms with Crippen molar-refractivity contribution in [2.75, 3.05) is 0 Å². The number of aryl methyl sites for hydroxylation is 2. The van der Waals surface area contributed by atoms with Crippen LogP contribution in [0.15, 0.2) is 5.57 Å². The molecule has 128 valence electrons. The maximum atomic E-state index is 3.35. The summed E-state index contributed by atoms with van der Waals surface area (Å²) >= 11 is 0. The summed E-state index contributed by atoms with van der Waals surface area (Å²) < 4.78 is 0. The molecule has 0 aliphatic rings. The molecule has 0 N–H and O–H groups in total. The van der Waals surface area contributed by atoms with Crippen molar-refractivity contribution >= 4 is 0 Å². The largest absolute Gasteiger partial charge is 0.501 e. The molecular formula is C20H38Y2-4. The quantitative estimate of drug-likeness (QED) is 0.370. The van der Waals surface area contributed by atoms with Crippen molar-refractivity contribution in [2.45, 2.75) is 70.2 Å². The predicted octanol–water partition coefficient (Wildman–Crippen LogP) is 6.97. The van der Waals surface area contributed by atoms with E-state index in [0.717, 1.165) is 0 Å². The summed E-state index contributed by atoms with van der Waals surface area (Å²) in [5.41, 5.74) is 8.00. The van der Waals surface area contributed by atoms with Crippen molar-refractivity contribution in [3.63, 3.8) is 0 Å². The van der Waals surface area contributed by atoms with E-state index in [0.29, 0.717) is 0 Å². The predicted molar refractivity (Wildman–Crippen MR) is 99.0 cm³/mol. The van der Waals surface area contributed by atoms with E-state index >= 15 is 0 Å². The summed E-state index contributed by atoms with van der Waals surface area (Å²) in [5, 5.41) is 0. The Kier molecular flexibility index (Phi) is 43.9. The van der Waals surface area contributed by atoms with Crippen molar-refractivity contribution in [3.8, 4) is 0 Å². The van der Waals surface area contributed by atoms with E-state index in [1.807, 2.05) is 20.8 Å². The Labute approximate surface area is 194 Å². The molecular weight excluding hydrogens is 418 g/mol. The van der Waals surface area contributed by atoms with Crippen LogP contribution in [-0.2, 0) is 65.4 Å². The van der Waals surface area contributed by atoms with Gasteiger partial charge in [0.2, 0.25) is 0 Å². The molecule has 0 saturated heterocycles. The van der Waals surface area contributed by atoms with Crippen LogP contribution in [0, 0.1) is 61.6 Å². The third kappa shape index (κ3) is 16.0. The van der Waals surface area contributed by atoms with Crippen LogP contribution >= 0.6 is 0 Å². The number of benzene rings is 1. The molecule has 0 saturated carbocycles. The molecule has 22 heavy (non-hydrogen) atoms. The Morgan fingerprint density at radius 3 is 1.14 bits per heavy atom. The molecule has 0 spiro atoms. The fraction of sp³-hybridized carbons (Fsp3) is 0.500. The standard InChI is InChI=1S/C11H15.C5H9.2CH4.2CH3.2Y/c1-7-6-8(2)10(4)11(5)9(7)3;1-4-5(2)3;;;;;;/h1-5H3;1-3H3;2*1H4;2*1H3;;/q2*-1;;;2*-1;;. The number of rotatable bonds is 0. The number of hydrogen-bond acceptors (Lipinski definition) is 0. The van der Waals surface area contributed by atoms with Gasteiger partial charge in [0.1, 0.15) is 0 Å². The van der Waals surface area contributed by atoms with Crippen LogP contribution in [-0.4, -0.2) is 0 Å². The van der Waals surface area contributed by atoms with Crippen LogP contribution < -0.4 is 0 Å². The molecule has 1 aromatic carbocycles. The minimum atomic E-state index is 0. The molecule has 0 atom stereocenters. The molecule has 1 rings (SSSR count). The van der Waals surface area contributed by atoms with E-state index in [2.05, 4.69) is 46.8 Å². The van der Waals surface area contributed by atoms with E-state index in [1.54, 1.807) is 0 Å². The van der Waals surface area contributed by atoms with Gasteiger partial charge >= 0.3 is 0 Å². The zero-order chi connectivity index (χ0) is 12.9. The number of allylic oxidation sites excluding steroid dienone is 2. The summed E-state index contributed by atoms with van der Waals surface area (Å²) in [4.78, 5) is 0. The van der Waals surface area contributed by atoms with Crippen molar-refractivity contribution in [2.24, 2.45) is 0 Å². The maximum Gasteiger partial charge on any atom is 0 e. The minimum absolute atomic E-state index is 0. The maximum absolute atomic E-state index is 3.35. The summed E-state index contributed by atoms with van der Waals surface area (Å²) in [7, 11) is 0. The van der Waals surface area contributed by atoms with Gasteiger partial charge in [-0.05, 0) is 0 Å². The SMILES string of the molecule is C.C.C[C-]=C(C)C.Cc1[c-]c(C)c(C)c(C)c1C.[CH3-].[CH3-].[Y].[Y]. The first-order valence-corrected chi connectivity index (χ1v) is 5.75. The van der Waals surface area contributed by atoms with Crippen LogP contribution in [0.1, 0.15) is 63.4 Å². The third-order valence-electron chi connectivity index (χ3n) is 3.12. The van der Waals surface area contributed by atoms with Crippen LogP contribution in [0.3, 0.4) is 0 Å². The van der Waals surface area contributed by atoms with Gasteiger partial charge in [-0.25, -0.2) is 0 Å². The Morgan fingerprint density at radius 1 is 0.727 bits per heavy atom. The van der Waals surface area contributed by atoms with Gasteiger partial charge in [-0.3, -0.25) is 5.57 Å². The van der Waals surface area contributed by atoms with Crippen molar-refractivity contribution in [1.82, 2.24) is 0 Å². The molecule has 0 aromatic heterocycles. The van der Waals surface area contributed by atoms with Crippen LogP contribution in [0.25, 0.3) is 0 Å². The molecule has 2 heteroatoms. The van der Waals surface area contributed by atoms with Gasteiger partial charge in [-0.15, -0.1) is 0 Å². The second-order valence-electron chi connectivity index (χ2n) is 4.50. The zero-order valence-electron chi connectivity index (χ0n) is 15.2. The molecule has 0 unspecified atom stereocenters. The average Bonchev–Trinajstić information content (AvgIpc) is 2.24. The molecule has 2 radical (unpaired) electrons. The fourth-order valence-electron chi connectivity index (χ4n) is 1.31.